The van der Waals surface area contributed by atoms with Crippen molar-refractivity contribution in [2.24, 2.45) is 0 Å². The summed E-state index contributed by atoms with van der Waals surface area (Å²) in [6, 6.07) is 1.98. The van der Waals surface area contributed by atoms with E-state index in [9.17, 15) is 0 Å². The molecule has 0 saturated carbocycles. The fourth-order valence-electron chi connectivity index (χ4n) is 2.99. The normalized spacial score (nSPS) is 17.8. The van der Waals surface area contributed by atoms with Crippen LogP contribution in [0, 0.1) is 0 Å². The highest BCUT2D eigenvalue weighted by Gasteiger charge is 2.24. The molecule has 2 aliphatic rings. The fraction of sp³-hybridized carbons (Fsp3) is 0.294. The van der Waals surface area contributed by atoms with Crippen molar-refractivity contribution in [2.75, 3.05) is 23.0 Å². The fourth-order valence-corrected chi connectivity index (χ4v) is 2.99. The maximum atomic E-state index is 4.45. The zero-order valence-corrected chi connectivity index (χ0v) is 14.3. The van der Waals surface area contributed by atoms with Gasteiger partial charge >= 0.3 is 0 Å². The molecule has 8 heteroatoms. The second-order valence-corrected chi connectivity index (χ2v) is 6.26. The molecule has 128 valence electrons. The van der Waals surface area contributed by atoms with E-state index in [0.717, 1.165) is 42.5 Å². The van der Waals surface area contributed by atoms with E-state index < -0.39 is 0 Å². The molecule has 0 unspecified atom stereocenters. The van der Waals surface area contributed by atoms with Crippen LogP contribution < -0.4 is 15.3 Å². The maximum Gasteiger partial charge on any atom is 0.157 e. The average molecular weight is 336 g/mol. The lowest BCUT2D eigenvalue weighted by molar-refractivity contribution is 0.743. The summed E-state index contributed by atoms with van der Waals surface area (Å²) in [7, 11) is 0. The molecule has 4 rings (SSSR count). The van der Waals surface area contributed by atoms with Gasteiger partial charge in [0.15, 0.2) is 5.82 Å². The lowest BCUT2D eigenvalue weighted by Gasteiger charge is -2.30. The number of hydrazine groups is 1. The van der Waals surface area contributed by atoms with Crippen molar-refractivity contribution in [3.8, 4) is 0 Å². The van der Waals surface area contributed by atoms with E-state index in [2.05, 4.69) is 51.0 Å². The van der Waals surface area contributed by atoms with Crippen LogP contribution in [0.5, 0.6) is 0 Å². The number of rotatable bonds is 3. The molecule has 0 aromatic carbocycles. The Morgan fingerprint density at radius 1 is 1.16 bits per heavy atom. The zero-order chi connectivity index (χ0) is 17.4. The van der Waals surface area contributed by atoms with Gasteiger partial charge < -0.3 is 4.90 Å². The van der Waals surface area contributed by atoms with E-state index in [-0.39, 0.29) is 0 Å². The molecule has 0 amide bonds. The monoisotopic (exact) mass is 336 g/mol. The Labute approximate surface area is 146 Å². The minimum Gasteiger partial charge on any atom is -0.352 e. The number of nitrogens with zero attached hydrogens (tertiary/aromatic N) is 7. The Balaban J connectivity index is 1.56. The van der Waals surface area contributed by atoms with Crippen molar-refractivity contribution in [3.63, 3.8) is 0 Å². The van der Waals surface area contributed by atoms with Gasteiger partial charge in [-0.2, -0.15) is 0 Å². The minimum absolute atomic E-state index is 0.741. The highest BCUT2D eigenvalue weighted by atomic mass is 15.6. The largest absolute Gasteiger partial charge is 0.352 e. The van der Waals surface area contributed by atoms with Crippen LogP contribution in [0.4, 0.5) is 11.6 Å². The predicted octanol–water partition coefficient (Wildman–Crippen LogP) is 1.95. The Kier molecular flexibility index (Phi) is 3.72. The molecular formula is C17H20N8. The molecule has 0 atom stereocenters. The highest BCUT2D eigenvalue weighted by Crippen LogP contribution is 2.28. The third-order valence-electron chi connectivity index (χ3n) is 4.67. The molecular weight excluding hydrogens is 316 g/mol. The van der Waals surface area contributed by atoms with Crippen molar-refractivity contribution in [1.82, 2.24) is 30.4 Å². The first-order valence-electron chi connectivity index (χ1n) is 8.18. The van der Waals surface area contributed by atoms with Gasteiger partial charge in [0.25, 0.3) is 0 Å². The molecule has 0 radical (unpaired) electrons. The van der Waals surface area contributed by atoms with Crippen molar-refractivity contribution >= 4 is 17.3 Å². The molecule has 0 spiro atoms. The van der Waals surface area contributed by atoms with Gasteiger partial charge in [-0.3, -0.25) is 5.43 Å². The molecule has 8 nitrogen and oxygen atoms in total. The van der Waals surface area contributed by atoms with Crippen LogP contribution >= 0.6 is 0 Å². The standard InChI is InChI=1S/C17H20N8/c1-12-4-6-23(10-13(12)2)16-8-17(19-11-18-16)25-14(3)15(9-21-25)24-7-5-20-22-24/h5,7-9,11,21H,3-4,6,10H2,1-2H3. The number of nitrogens with one attached hydrogen (secondary N) is 1. The second-order valence-electron chi connectivity index (χ2n) is 6.26. The third kappa shape index (κ3) is 2.75. The lowest BCUT2D eigenvalue weighted by Crippen LogP contribution is -2.33. The number of anilines is 2. The van der Waals surface area contributed by atoms with Crippen LogP contribution in [0.15, 0.2) is 54.4 Å². The van der Waals surface area contributed by atoms with Crippen molar-refractivity contribution in [3.05, 3.63) is 54.4 Å². The van der Waals surface area contributed by atoms with Crippen LogP contribution in [-0.2, 0) is 0 Å². The van der Waals surface area contributed by atoms with E-state index in [1.807, 2.05) is 17.3 Å². The Morgan fingerprint density at radius 3 is 2.76 bits per heavy atom. The van der Waals surface area contributed by atoms with Gasteiger partial charge in [-0.25, -0.2) is 19.7 Å². The van der Waals surface area contributed by atoms with Crippen LogP contribution in [0.1, 0.15) is 20.3 Å². The first-order valence-corrected chi connectivity index (χ1v) is 8.18. The summed E-state index contributed by atoms with van der Waals surface area (Å²) in [5.41, 5.74) is 7.63. The molecule has 0 aliphatic carbocycles. The van der Waals surface area contributed by atoms with Crippen molar-refractivity contribution < 1.29 is 0 Å². The summed E-state index contributed by atoms with van der Waals surface area (Å²) < 4.78 is 1.67. The zero-order valence-electron chi connectivity index (χ0n) is 14.3. The summed E-state index contributed by atoms with van der Waals surface area (Å²) in [5.74, 6) is 1.66. The molecule has 2 aromatic rings. The molecule has 4 heterocycles. The SMILES string of the molecule is C=C1C(n2ccnn2)=CNN1c1cc(N2CCC(C)=C(C)C2)ncn1. The van der Waals surface area contributed by atoms with E-state index in [1.165, 1.54) is 11.1 Å². The third-order valence-corrected chi connectivity index (χ3v) is 4.67. The molecule has 25 heavy (non-hydrogen) atoms. The van der Waals surface area contributed by atoms with Gasteiger partial charge in [0.2, 0.25) is 0 Å². The van der Waals surface area contributed by atoms with Crippen molar-refractivity contribution in [2.45, 2.75) is 20.3 Å². The molecule has 0 bridgehead atoms. The second kappa shape index (κ2) is 6.04. The summed E-state index contributed by atoms with van der Waals surface area (Å²) in [6.07, 6.45) is 7.90. The van der Waals surface area contributed by atoms with Crippen LogP contribution in [0.25, 0.3) is 5.70 Å². The summed E-state index contributed by atoms with van der Waals surface area (Å²) in [4.78, 5) is 11.1. The average Bonchev–Trinajstić information content (AvgIpc) is 3.27. The molecule has 2 aliphatic heterocycles. The smallest absolute Gasteiger partial charge is 0.157 e. The Hall–Kier alpha value is -3.16. The number of aromatic nitrogens is 5. The summed E-state index contributed by atoms with van der Waals surface area (Å²) >= 11 is 0. The number of allylic oxidation sites excluding steroid dienone is 1. The van der Waals surface area contributed by atoms with Gasteiger partial charge in [0.05, 0.1) is 18.1 Å². The quantitative estimate of drug-likeness (QED) is 0.859. The van der Waals surface area contributed by atoms with Gasteiger partial charge in [-0.1, -0.05) is 22.9 Å². The molecule has 2 aromatic heterocycles. The Morgan fingerprint density at radius 2 is 2.00 bits per heavy atom. The summed E-state index contributed by atoms with van der Waals surface area (Å²) in [6.45, 7) is 10.4. The predicted molar refractivity (Wildman–Crippen MR) is 96.3 cm³/mol. The van der Waals surface area contributed by atoms with Crippen LogP contribution in [0.2, 0.25) is 0 Å². The van der Waals surface area contributed by atoms with Gasteiger partial charge in [0.1, 0.15) is 17.8 Å². The van der Waals surface area contributed by atoms with Crippen LogP contribution in [0.3, 0.4) is 0 Å². The maximum absolute atomic E-state index is 4.45. The van der Waals surface area contributed by atoms with Gasteiger partial charge in [-0.05, 0) is 20.3 Å². The molecule has 0 fully saturated rings. The number of hydrogen-bond acceptors (Lipinski definition) is 7. The highest BCUT2D eigenvalue weighted by molar-refractivity contribution is 5.74. The number of hydrogen-bond donors (Lipinski definition) is 1. The van der Waals surface area contributed by atoms with Crippen LogP contribution in [-0.4, -0.2) is 38.1 Å². The van der Waals surface area contributed by atoms with Crippen molar-refractivity contribution in [1.29, 1.82) is 0 Å². The van der Waals surface area contributed by atoms with Gasteiger partial charge in [0, 0.05) is 25.4 Å². The van der Waals surface area contributed by atoms with E-state index in [0.29, 0.717) is 0 Å². The molecule has 1 N–H and O–H groups in total. The van der Waals surface area contributed by atoms with E-state index >= 15 is 0 Å². The van der Waals surface area contributed by atoms with Gasteiger partial charge in [-0.15, -0.1) is 5.10 Å². The first kappa shape index (κ1) is 15.4. The lowest BCUT2D eigenvalue weighted by atomic mass is 10.0. The minimum atomic E-state index is 0.741. The first-order chi connectivity index (χ1) is 12.1. The van der Waals surface area contributed by atoms with E-state index in [1.54, 1.807) is 23.4 Å². The summed E-state index contributed by atoms with van der Waals surface area (Å²) in [5, 5.41) is 9.66. The van der Waals surface area contributed by atoms with E-state index in [4.69, 9.17) is 0 Å². The topological polar surface area (TPSA) is 75.0 Å². The Bertz CT molecular complexity index is 865. The molecule has 0 saturated heterocycles.